The molecule has 2 unspecified atom stereocenters. The number of hydrogen-bond donors (Lipinski definition) is 0. The third-order valence-electron chi connectivity index (χ3n) is 3.34. The molecule has 0 aromatic carbocycles. The van der Waals surface area contributed by atoms with Crippen molar-refractivity contribution in [2.75, 3.05) is 18.6 Å². The van der Waals surface area contributed by atoms with E-state index in [-0.39, 0.29) is 12.1 Å². The normalized spacial score (nSPS) is 22.4. The predicted octanol–water partition coefficient (Wildman–Crippen LogP) is 1.79. The van der Waals surface area contributed by atoms with E-state index in [1.165, 1.54) is 6.33 Å². The zero-order valence-corrected chi connectivity index (χ0v) is 11.9. The molecule has 1 saturated heterocycles. The lowest BCUT2D eigenvalue weighted by atomic mass is 10.2. The van der Waals surface area contributed by atoms with Crippen molar-refractivity contribution in [2.24, 2.45) is 0 Å². The first-order valence-electron chi connectivity index (χ1n) is 6.24. The van der Waals surface area contributed by atoms with Gasteiger partial charge in [-0.15, -0.1) is 0 Å². The van der Waals surface area contributed by atoms with Gasteiger partial charge in [0, 0.05) is 20.1 Å². The highest BCUT2D eigenvalue weighted by atomic mass is 35.5. The maximum absolute atomic E-state index is 6.18. The largest absolute Gasteiger partial charge is 0.380 e. The van der Waals surface area contributed by atoms with Gasteiger partial charge in [-0.3, -0.25) is 0 Å². The van der Waals surface area contributed by atoms with Crippen molar-refractivity contribution in [3.63, 3.8) is 0 Å². The van der Waals surface area contributed by atoms with Crippen molar-refractivity contribution in [3.05, 3.63) is 29.3 Å². The zero-order chi connectivity index (χ0) is 14.1. The van der Waals surface area contributed by atoms with Crippen LogP contribution in [-0.4, -0.2) is 39.9 Å². The van der Waals surface area contributed by atoms with Gasteiger partial charge in [-0.05, 0) is 6.92 Å². The molecule has 0 amide bonds. The Kier molecular flexibility index (Phi) is 3.54. The van der Waals surface area contributed by atoms with E-state index >= 15 is 0 Å². The van der Waals surface area contributed by atoms with E-state index in [2.05, 4.69) is 20.1 Å². The Morgan fingerprint density at radius 3 is 3.00 bits per heavy atom. The molecule has 0 bridgehead atoms. The monoisotopic (exact) mass is 295 g/mol. The summed E-state index contributed by atoms with van der Waals surface area (Å²) in [5.41, 5.74) is 0. The number of methoxy groups -OCH3 is 1. The molecule has 0 saturated carbocycles. The molecule has 0 spiro atoms. The Hall–Kier alpha value is -1.73. The molecule has 1 fully saturated rings. The summed E-state index contributed by atoms with van der Waals surface area (Å²) in [6.07, 6.45) is 3.86. The molecule has 3 heterocycles. The highest BCUT2D eigenvalue weighted by molar-refractivity contribution is 6.32. The summed E-state index contributed by atoms with van der Waals surface area (Å²) < 4.78 is 10.7. The molecule has 0 radical (unpaired) electrons. The van der Waals surface area contributed by atoms with E-state index < -0.39 is 0 Å². The van der Waals surface area contributed by atoms with Crippen LogP contribution in [0.2, 0.25) is 5.02 Å². The van der Waals surface area contributed by atoms with Crippen molar-refractivity contribution >= 4 is 17.4 Å². The summed E-state index contributed by atoms with van der Waals surface area (Å²) >= 11 is 6.18. The number of ether oxygens (including phenoxy) is 1. The molecule has 1 aliphatic rings. The van der Waals surface area contributed by atoms with Crippen molar-refractivity contribution in [1.29, 1.82) is 0 Å². The van der Waals surface area contributed by atoms with Crippen molar-refractivity contribution in [3.8, 4) is 0 Å². The van der Waals surface area contributed by atoms with Gasteiger partial charge in [-0.1, -0.05) is 16.8 Å². The molecular formula is C12H14ClN5O2. The standard InChI is InChI=1S/C12H14ClN5O2/c1-7-16-12(20-17-7)10-3-8(19-2)5-18(10)11-9(13)4-14-6-15-11/h4,6,8,10H,3,5H2,1-2H3. The SMILES string of the molecule is COC1CC(c2nc(C)no2)N(c2ncncc2Cl)C1. The number of rotatable bonds is 3. The van der Waals surface area contributed by atoms with Crippen LogP contribution < -0.4 is 4.90 Å². The van der Waals surface area contributed by atoms with E-state index in [1.54, 1.807) is 20.2 Å². The summed E-state index contributed by atoms with van der Waals surface area (Å²) in [7, 11) is 1.69. The number of halogens is 1. The lowest BCUT2D eigenvalue weighted by molar-refractivity contribution is 0.117. The summed E-state index contributed by atoms with van der Waals surface area (Å²) in [6.45, 7) is 2.46. The van der Waals surface area contributed by atoms with Gasteiger partial charge in [0.1, 0.15) is 17.4 Å². The molecule has 1 aliphatic heterocycles. The van der Waals surface area contributed by atoms with Crippen LogP contribution in [0.3, 0.4) is 0 Å². The molecule has 8 heteroatoms. The molecule has 106 valence electrons. The van der Waals surface area contributed by atoms with E-state index in [0.717, 1.165) is 6.42 Å². The third kappa shape index (κ3) is 2.34. The summed E-state index contributed by atoms with van der Waals surface area (Å²) in [5, 5.41) is 4.33. The van der Waals surface area contributed by atoms with Crippen LogP contribution in [0.4, 0.5) is 5.82 Å². The predicted molar refractivity (Wildman–Crippen MR) is 71.6 cm³/mol. The molecule has 2 aromatic heterocycles. The van der Waals surface area contributed by atoms with Crippen molar-refractivity contribution in [1.82, 2.24) is 20.1 Å². The van der Waals surface area contributed by atoms with E-state index in [4.69, 9.17) is 20.9 Å². The smallest absolute Gasteiger partial charge is 0.249 e. The fourth-order valence-corrected chi connectivity index (χ4v) is 2.62. The van der Waals surface area contributed by atoms with Gasteiger partial charge in [-0.2, -0.15) is 4.98 Å². The van der Waals surface area contributed by atoms with E-state index in [9.17, 15) is 0 Å². The fraction of sp³-hybridized carbons (Fsp3) is 0.500. The third-order valence-corrected chi connectivity index (χ3v) is 3.61. The van der Waals surface area contributed by atoms with Crippen LogP contribution in [0.15, 0.2) is 17.0 Å². The average molecular weight is 296 g/mol. The Morgan fingerprint density at radius 2 is 2.35 bits per heavy atom. The minimum Gasteiger partial charge on any atom is -0.380 e. The average Bonchev–Trinajstić information content (AvgIpc) is 3.05. The van der Waals surface area contributed by atoms with Gasteiger partial charge in [0.15, 0.2) is 11.6 Å². The number of aryl methyl sites for hydroxylation is 1. The topological polar surface area (TPSA) is 77.2 Å². The maximum atomic E-state index is 6.18. The highest BCUT2D eigenvalue weighted by Gasteiger charge is 2.38. The van der Waals surface area contributed by atoms with Crippen LogP contribution in [0.5, 0.6) is 0 Å². The fourth-order valence-electron chi connectivity index (χ4n) is 2.40. The van der Waals surface area contributed by atoms with Gasteiger partial charge < -0.3 is 14.2 Å². The molecule has 2 aromatic rings. The molecular weight excluding hydrogens is 282 g/mol. The summed E-state index contributed by atoms with van der Waals surface area (Å²) in [6, 6.07) is -0.0893. The first-order chi connectivity index (χ1) is 9.69. The Morgan fingerprint density at radius 1 is 1.50 bits per heavy atom. The minimum absolute atomic E-state index is 0.0678. The number of hydrogen-bond acceptors (Lipinski definition) is 7. The quantitative estimate of drug-likeness (QED) is 0.854. The Bertz CT molecular complexity index is 605. The van der Waals surface area contributed by atoms with Crippen LogP contribution in [-0.2, 0) is 4.74 Å². The maximum Gasteiger partial charge on any atom is 0.249 e. The second-order valence-electron chi connectivity index (χ2n) is 4.64. The summed E-state index contributed by atoms with van der Waals surface area (Å²) in [4.78, 5) is 14.5. The lowest BCUT2D eigenvalue weighted by Gasteiger charge is -2.23. The number of aromatic nitrogens is 4. The van der Waals surface area contributed by atoms with Crippen molar-refractivity contribution < 1.29 is 9.26 Å². The van der Waals surface area contributed by atoms with Gasteiger partial charge in [-0.25, -0.2) is 9.97 Å². The first kappa shape index (κ1) is 13.3. The van der Waals surface area contributed by atoms with Crippen LogP contribution in [0.25, 0.3) is 0 Å². The van der Waals surface area contributed by atoms with E-state index in [0.29, 0.717) is 29.1 Å². The first-order valence-corrected chi connectivity index (χ1v) is 6.62. The van der Waals surface area contributed by atoms with Gasteiger partial charge in [0.2, 0.25) is 5.89 Å². The van der Waals surface area contributed by atoms with Crippen molar-refractivity contribution in [2.45, 2.75) is 25.5 Å². The molecule has 7 nitrogen and oxygen atoms in total. The van der Waals surface area contributed by atoms with Gasteiger partial charge in [0.25, 0.3) is 0 Å². The van der Waals surface area contributed by atoms with Gasteiger partial charge in [0.05, 0.1) is 12.3 Å². The van der Waals surface area contributed by atoms with Crippen LogP contribution in [0.1, 0.15) is 24.2 Å². The highest BCUT2D eigenvalue weighted by Crippen LogP contribution is 2.37. The second kappa shape index (κ2) is 5.34. The number of nitrogens with zero attached hydrogens (tertiary/aromatic N) is 5. The molecule has 20 heavy (non-hydrogen) atoms. The van der Waals surface area contributed by atoms with Crippen LogP contribution in [0, 0.1) is 6.92 Å². The van der Waals surface area contributed by atoms with E-state index in [1.807, 2.05) is 4.90 Å². The second-order valence-corrected chi connectivity index (χ2v) is 5.04. The molecule has 0 aliphatic carbocycles. The molecule has 0 N–H and O–H groups in total. The summed E-state index contributed by atoms with van der Waals surface area (Å²) in [5.74, 6) is 1.81. The van der Waals surface area contributed by atoms with Gasteiger partial charge >= 0.3 is 0 Å². The Balaban J connectivity index is 1.96. The lowest BCUT2D eigenvalue weighted by Crippen LogP contribution is -2.26. The molecule has 2 atom stereocenters. The minimum atomic E-state index is -0.0893. The zero-order valence-electron chi connectivity index (χ0n) is 11.2. The number of anilines is 1. The van der Waals surface area contributed by atoms with Crippen LogP contribution >= 0.6 is 11.6 Å². The Labute approximate surface area is 120 Å². The molecule has 3 rings (SSSR count).